The van der Waals surface area contributed by atoms with Crippen LogP contribution in [0.1, 0.15) is 40.0 Å². The molecule has 0 bridgehead atoms. The minimum atomic E-state index is -0.353. The fourth-order valence-electron chi connectivity index (χ4n) is 2.06. The van der Waals surface area contributed by atoms with Gasteiger partial charge in [-0.05, 0) is 46.6 Å². The highest BCUT2D eigenvalue weighted by molar-refractivity contribution is 4.87. The Morgan fingerprint density at radius 1 is 1.35 bits per heavy atom. The summed E-state index contributed by atoms with van der Waals surface area (Å²) in [6.45, 7) is 7.54. The molecule has 0 aromatic rings. The molecular weight excluding hydrogens is 218 g/mol. The summed E-state index contributed by atoms with van der Waals surface area (Å²) < 4.78 is 10.7. The first-order valence-corrected chi connectivity index (χ1v) is 6.49. The number of ether oxygens (including phenoxy) is 2. The lowest BCUT2D eigenvalue weighted by atomic mass is 9.88. The lowest BCUT2D eigenvalue weighted by molar-refractivity contribution is -0.102. The molecule has 1 rings (SSSR count). The molecule has 4 heteroatoms. The van der Waals surface area contributed by atoms with E-state index in [1.54, 1.807) is 7.11 Å². The summed E-state index contributed by atoms with van der Waals surface area (Å²) in [5.74, 6) is 0. The van der Waals surface area contributed by atoms with Gasteiger partial charge in [0.1, 0.15) is 0 Å². The van der Waals surface area contributed by atoms with Crippen molar-refractivity contribution in [1.29, 1.82) is 0 Å². The van der Waals surface area contributed by atoms with Gasteiger partial charge in [-0.3, -0.25) is 0 Å². The molecule has 1 aliphatic rings. The van der Waals surface area contributed by atoms with Crippen LogP contribution in [0.3, 0.4) is 0 Å². The van der Waals surface area contributed by atoms with Crippen LogP contribution in [0.15, 0.2) is 0 Å². The summed E-state index contributed by atoms with van der Waals surface area (Å²) in [5, 5.41) is 12.9. The maximum Gasteiger partial charge on any atom is 0.0785 e. The van der Waals surface area contributed by atoms with Crippen molar-refractivity contribution in [3.63, 3.8) is 0 Å². The van der Waals surface area contributed by atoms with Crippen LogP contribution in [0.4, 0.5) is 0 Å². The lowest BCUT2D eigenvalue weighted by Gasteiger charge is -2.39. The van der Waals surface area contributed by atoms with Crippen molar-refractivity contribution >= 4 is 0 Å². The minimum Gasteiger partial charge on any atom is -0.391 e. The van der Waals surface area contributed by atoms with E-state index >= 15 is 0 Å². The SMILES string of the molecule is COCC(O)CCNC1CC(OC(C)(C)C)C1. The highest BCUT2D eigenvalue weighted by Gasteiger charge is 2.32. The standard InChI is InChI=1S/C13H27NO3/c1-13(2,3)17-12-7-10(8-12)14-6-5-11(15)9-16-4/h10-12,14-15H,5-9H2,1-4H3. The van der Waals surface area contributed by atoms with Gasteiger partial charge in [-0.1, -0.05) is 0 Å². The van der Waals surface area contributed by atoms with E-state index in [4.69, 9.17) is 9.47 Å². The van der Waals surface area contributed by atoms with E-state index in [-0.39, 0.29) is 11.7 Å². The van der Waals surface area contributed by atoms with Crippen molar-refractivity contribution in [3.05, 3.63) is 0 Å². The Balaban J connectivity index is 1.99. The molecular formula is C13H27NO3. The highest BCUT2D eigenvalue weighted by Crippen LogP contribution is 2.27. The van der Waals surface area contributed by atoms with E-state index in [9.17, 15) is 5.11 Å². The van der Waals surface area contributed by atoms with Crippen molar-refractivity contribution in [2.24, 2.45) is 0 Å². The third kappa shape index (κ3) is 6.36. The van der Waals surface area contributed by atoms with Gasteiger partial charge >= 0.3 is 0 Å². The Morgan fingerprint density at radius 2 is 2.00 bits per heavy atom. The van der Waals surface area contributed by atoms with E-state index in [2.05, 4.69) is 26.1 Å². The Kier molecular flexibility index (Phi) is 5.86. The van der Waals surface area contributed by atoms with Gasteiger partial charge < -0.3 is 19.9 Å². The summed E-state index contributed by atoms with van der Waals surface area (Å²) in [6, 6.07) is 0.553. The average Bonchev–Trinajstić information content (AvgIpc) is 2.12. The molecule has 0 aliphatic heterocycles. The number of aliphatic hydroxyl groups is 1. The van der Waals surface area contributed by atoms with Crippen molar-refractivity contribution in [2.75, 3.05) is 20.3 Å². The number of hydrogen-bond donors (Lipinski definition) is 2. The largest absolute Gasteiger partial charge is 0.391 e. The number of nitrogens with one attached hydrogen (secondary N) is 1. The molecule has 17 heavy (non-hydrogen) atoms. The molecule has 0 spiro atoms. The van der Waals surface area contributed by atoms with Gasteiger partial charge in [-0.2, -0.15) is 0 Å². The normalized spacial score (nSPS) is 26.6. The van der Waals surface area contributed by atoms with E-state index in [1.807, 2.05) is 0 Å². The van der Waals surface area contributed by atoms with Crippen LogP contribution < -0.4 is 5.32 Å². The van der Waals surface area contributed by atoms with Gasteiger partial charge in [0.15, 0.2) is 0 Å². The van der Waals surface area contributed by atoms with Crippen LogP contribution in [0, 0.1) is 0 Å². The third-order valence-electron chi connectivity index (χ3n) is 2.88. The topological polar surface area (TPSA) is 50.7 Å². The number of methoxy groups -OCH3 is 1. The van der Waals surface area contributed by atoms with Crippen LogP contribution in [0.25, 0.3) is 0 Å². The molecule has 0 aromatic heterocycles. The molecule has 0 aromatic carbocycles. The van der Waals surface area contributed by atoms with Gasteiger partial charge in [-0.15, -0.1) is 0 Å². The molecule has 2 N–H and O–H groups in total. The quantitative estimate of drug-likeness (QED) is 0.710. The molecule has 4 nitrogen and oxygen atoms in total. The molecule has 1 atom stereocenters. The molecule has 1 unspecified atom stereocenters. The summed E-state index contributed by atoms with van der Waals surface area (Å²) in [4.78, 5) is 0. The summed E-state index contributed by atoms with van der Waals surface area (Å²) in [7, 11) is 1.61. The second-order valence-electron chi connectivity index (χ2n) is 5.87. The fourth-order valence-corrected chi connectivity index (χ4v) is 2.06. The first-order chi connectivity index (χ1) is 7.90. The van der Waals surface area contributed by atoms with Crippen LogP contribution in [0.5, 0.6) is 0 Å². The van der Waals surface area contributed by atoms with Gasteiger partial charge in [0.25, 0.3) is 0 Å². The molecule has 0 heterocycles. The zero-order chi connectivity index (χ0) is 12.9. The second kappa shape index (κ2) is 6.69. The van der Waals surface area contributed by atoms with E-state index in [0.717, 1.165) is 25.8 Å². The molecule has 1 aliphatic carbocycles. The third-order valence-corrected chi connectivity index (χ3v) is 2.88. The zero-order valence-electron chi connectivity index (χ0n) is 11.5. The van der Waals surface area contributed by atoms with Crippen molar-refractivity contribution in [2.45, 2.75) is 63.9 Å². The minimum absolute atomic E-state index is 0.0374. The van der Waals surface area contributed by atoms with E-state index in [1.165, 1.54) is 0 Å². The molecule has 0 saturated heterocycles. The molecule has 0 radical (unpaired) electrons. The highest BCUT2D eigenvalue weighted by atomic mass is 16.5. The van der Waals surface area contributed by atoms with Crippen LogP contribution >= 0.6 is 0 Å². The Bertz CT molecular complexity index is 209. The summed E-state index contributed by atoms with van der Waals surface area (Å²) in [5.41, 5.74) is -0.0374. The first-order valence-electron chi connectivity index (χ1n) is 6.49. The number of hydrogen-bond acceptors (Lipinski definition) is 4. The number of aliphatic hydroxyl groups excluding tert-OH is 1. The van der Waals surface area contributed by atoms with Crippen LogP contribution in [-0.2, 0) is 9.47 Å². The van der Waals surface area contributed by atoms with Crippen LogP contribution in [-0.4, -0.2) is 49.2 Å². The maximum absolute atomic E-state index is 9.47. The Hall–Kier alpha value is -0.160. The second-order valence-corrected chi connectivity index (χ2v) is 5.87. The maximum atomic E-state index is 9.47. The van der Waals surface area contributed by atoms with Crippen molar-refractivity contribution in [3.8, 4) is 0 Å². The molecule has 102 valence electrons. The summed E-state index contributed by atoms with van der Waals surface area (Å²) in [6.07, 6.45) is 2.95. The smallest absolute Gasteiger partial charge is 0.0785 e. The predicted octanol–water partition coefficient (Wildman–Crippen LogP) is 1.32. The molecule has 0 amide bonds. The van der Waals surface area contributed by atoms with Gasteiger partial charge in [-0.25, -0.2) is 0 Å². The van der Waals surface area contributed by atoms with E-state index in [0.29, 0.717) is 18.8 Å². The van der Waals surface area contributed by atoms with Crippen LogP contribution in [0.2, 0.25) is 0 Å². The van der Waals surface area contributed by atoms with Crippen molar-refractivity contribution < 1.29 is 14.6 Å². The zero-order valence-corrected chi connectivity index (χ0v) is 11.5. The van der Waals surface area contributed by atoms with E-state index < -0.39 is 0 Å². The predicted molar refractivity (Wildman–Crippen MR) is 68.2 cm³/mol. The number of rotatable bonds is 7. The van der Waals surface area contributed by atoms with Gasteiger partial charge in [0.05, 0.1) is 24.4 Å². The van der Waals surface area contributed by atoms with Crippen molar-refractivity contribution in [1.82, 2.24) is 5.32 Å². The van der Waals surface area contributed by atoms with Gasteiger partial charge in [0.2, 0.25) is 0 Å². The first kappa shape index (κ1) is 14.9. The lowest BCUT2D eigenvalue weighted by Crippen LogP contribution is -2.48. The monoisotopic (exact) mass is 245 g/mol. The average molecular weight is 245 g/mol. The Morgan fingerprint density at radius 3 is 2.53 bits per heavy atom. The van der Waals surface area contributed by atoms with Gasteiger partial charge in [0, 0.05) is 13.2 Å². The Labute approximate surface area is 105 Å². The molecule has 1 fully saturated rings. The fraction of sp³-hybridized carbons (Fsp3) is 1.00. The summed E-state index contributed by atoms with van der Waals surface area (Å²) >= 11 is 0. The molecule has 1 saturated carbocycles.